The van der Waals surface area contributed by atoms with Crippen LogP contribution in [0.15, 0.2) is 30.3 Å². The SMILES string of the molecule is Cn1c(CNS(=O)(=O)CCl)nnc1-c1ccccc1. The van der Waals surface area contributed by atoms with Gasteiger partial charge in [-0.1, -0.05) is 30.3 Å². The minimum atomic E-state index is -3.46. The topological polar surface area (TPSA) is 76.9 Å². The molecule has 0 radical (unpaired) electrons. The van der Waals surface area contributed by atoms with Gasteiger partial charge in [-0.15, -0.1) is 21.8 Å². The Morgan fingerprint density at radius 3 is 2.58 bits per heavy atom. The summed E-state index contributed by atoms with van der Waals surface area (Å²) >= 11 is 5.31. The van der Waals surface area contributed by atoms with Gasteiger partial charge >= 0.3 is 0 Å². The molecule has 8 heteroatoms. The van der Waals surface area contributed by atoms with Gasteiger partial charge in [-0.05, 0) is 0 Å². The molecule has 2 rings (SSSR count). The van der Waals surface area contributed by atoms with Gasteiger partial charge in [-0.3, -0.25) is 0 Å². The molecule has 0 aliphatic heterocycles. The number of alkyl halides is 1. The van der Waals surface area contributed by atoms with Crippen molar-refractivity contribution in [3.8, 4) is 11.4 Å². The van der Waals surface area contributed by atoms with E-state index in [-0.39, 0.29) is 6.54 Å². The zero-order valence-electron chi connectivity index (χ0n) is 10.2. The Morgan fingerprint density at radius 2 is 1.95 bits per heavy atom. The monoisotopic (exact) mass is 300 g/mol. The summed E-state index contributed by atoms with van der Waals surface area (Å²) in [6.45, 7) is 0.0609. The van der Waals surface area contributed by atoms with Crippen LogP contribution in [0.4, 0.5) is 0 Å². The van der Waals surface area contributed by atoms with E-state index in [0.29, 0.717) is 11.6 Å². The molecule has 2 aromatic rings. The first-order valence-electron chi connectivity index (χ1n) is 5.50. The molecular formula is C11H13ClN4O2S. The van der Waals surface area contributed by atoms with Gasteiger partial charge in [0.15, 0.2) is 5.82 Å². The predicted molar refractivity (Wildman–Crippen MR) is 72.9 cm³/mol. The van der Waals surface area contributed by atoms with Crippen molar-refractivity contribution in [3.05, 3.63) is 36.2 Å². The predicted octanol–water partition coefficient (Wildman–Crippen LogP) is 1.10. The maximum absolute atomic E-state index is 11.3. The average Bonchev–Trinajstić information content (AvgIpc) is 2.79. The molecular weight excluding hydrogens is 288 g/mol. The van der Waals surface area contributed by atoms with Gasteiger partial charge in [0, 0.05) is 12.6 Å². The lowest BCUT2D eigenvalue weighted by atomic mass is 10.2. The second-order valence-electron chi connectivity index (χ2n) is 3.91. The molecule has 0 fully saturated rings. The third kappa shape index (κ3) is 3.31. The minimum Gasteiger partial charge on any atom is -0.313 e. The number of rotatable bonds is 5. The number of nitrogens with zero attached hydrogens (tertiary/aromatic N) is 3. The standard InChI is InChI=1S/C11H13ClN4O2S/c1-16-10(7-13-19(17,18)8-12)14-15-11(16)9-5-3-2-4-6-9/h2-6,13H,7-8H2,1H3. The van der Waals surface area contributed by atoms with Crippen LogP contribution < -0.4 is 4.72 Å². The molecule has 102 valence electrons. The zero-order chi connectivity index (χ0) is 13.9. The second kappa shape index (κ2) is 5.68. The number of hydrogen-bond acceptors (Lipinski definition) is 4. The number of hydrogen-bond donors (Lipinski definition) is 1. The summed E-state index contributed by atoms with van der Waals surface area (Å²) in [6, 6.07) is 9.54. The lowest BCUT2D eigenvalue weighted by Gasteiger charge is -2.05. The van der Waals surface area contributed by atoms with Crippen LogP contribution in [0.1, 0.15) is 5.82 Å². The van der Waals surface area contributed by atoms with Gasteiger partial charge in [0.25, 0.3) is 0 Å². The summed E-state index contributed by atoms with van der Waals surface area (Å²) in [7, 11) is -1.67. The van der Waals surface area contributed by atoms with Gasteiger partial charge in [0.2, 0.25) is 10.0 Å². The van der Waals surface area contributed by atoms with E-state index in [0.717, 1.165) is 5.56 Å². The molecule has 0 amide bonds. The molecule has 0 saturated carbocycles. The van der Waals surface area contributed by atoms with Crippen LogP contribution in [0, 0.1) is 0 Å². The molecule has 0 unspecified atom stereocenters. The fourth-order valence-electron chi connectivity index (χ4n) is 1.57. The lowest BCUT2D eigenvalue weighted by Crippen LogP contribution is -2.25. The Bertz CT molecular complexity index is 655. The van der Waals surface area contributed by atoms with Crippen LogP contribution >= 0.6 is 11.6 Å². The summed E-state index contributed by atoms with van der Waals surface area (Å²) in [5.41, 5.74) is 0.920. The molecule has 0 aliphatic carbocycles. The Kier molecular flexibility index (Phi) is 4.18. The summed E-state index contributed by atoms with van der Waals surface area (Å²) in [5, 5.41) is 7.55. The molecule has 1 aromatic carbocycles. The van der Waals surface area contributed by atoms with Gasteiger partial charge in [0.05, 0.1) is 6.54 Å². The Labute approximate surface area is 116 Å². The van der Waals surface area contributed by atoms with E-state index in [1.54, 1.807) is 11.6 Å². The average molecular weight is 301 g/mol. The Hall–Kier alpha value is -1.44. The van der Waals surface area contributed by atoms with Crippen molar-refractivity contribution in [3.63, 3.8) is 0 Å². The highest BCUT2D eigenvalue weighted by Crippen LogP contribution is 2.16. The van der Waals surface area contributed by atoms with Crippen molar-refractivity contribution in [2.75, 3.05) is 5.21 Å². The molecule has 1 aromatic heterocycles. The maximum Gasteiger partial charge on any atom is 0.226 e. The van der Waals surface area contributed by atoms with Crippen LogP contribution in [0.3, 0.4) is 0 Å². The van der Waals surface area contributed by atoms with Gasteiger partial charge in [0.1, 0.15) is 11.0 Å². The molecule has 0 aliphatic rings. The molecule has 1 N–H and O–H groups in total. The second-order valence-corrected chi connectivity index (χ2v) is 6.30. The molecule has 19 heavy (non-hydrogen) atoms. The lowest BCUT2D eigenvalue weighted by molar-refractivity contribution is 0.582. The number of aromatic nitrogens is 3. The molecule has 0 atom stereocenters. The number of sulfonamides is 1. The molecule has 0 bridgehead atoms. The van der Waals surface area contributed by atoms with Crippen molar-refractivity contribution in [1.82, 2.24) is 19.5 Å². The Balaban J connectivity index is 2.20. The minimum absolute atomic E-state index is 0.0609. The largest absolute Gasteiger partial charge is 0.313 e. The van der Waals surface area contributed by atoms with Gasteiger partial charge < -0.3 is 4.57 Å². The van der Waals surface area contributed by atoms with Crippen LogP contribution in [0.5, 0.6) is 0 Å². The third-order valence-corrected chi connectivity index (χ3v) is 4.32. The summed E-state index contributed by atoms with van der Waals surface area (Å²) in [4.78, 5) is 0. The fraction of sp³-hybridized carbons (Fsp3) is 0.273. The molecule has 0 saturated heterocycles. The highest BCUT2D eigenvalue weighted by molar-refractivity contribution is 7.90. The summed E-state index contributed by atoms with van der Waals surface area (Å²) < 4.78 is 26.6. The quantitative estimate of drug-likeness (QED) is 0.839. The van der Waals surface area contributed by atoms with Crippen LogP contribution in [-0.4, -0.2) is 28.4 Å². The van der Waals surface area contributed by atoms with Crippen LogP contribution in [0.2, 0.25) is 0 Å². The number of nitrogens with one attached hydrogen (secondary N) is 1. The Morgan fingerprint density at radius 1 is 1.26 bits per heavy atom. The maximum atomic E-state index is 11.3. The smallest absolute Gasteiger partial charge is 0.226 e. The van der Waals surface area contributed by atoms with E-state index in [9.17, 15) is 8.42 Å². The van der Waals surface area contributed by atoms with Gasteiger partial charge in [-0.25, -0.2) is 13.1 Å². The number of benzene rings is 1. The summed E-state index contributed by atoms with van der Waals surface area (Å²) in [6.07, 6.45) is 0. The molecule has 6 nitrogen and oxygen atoms in total. The first-order valence-corrected chi connectivity index (χ1v) is 7.69. The normalized spacial score (nSPS) is 11.7. The van der Waals surface area contributed by atoms with Crippen molar-refractivity contribution in [1.29, 1.82) is 0 Å². The molecule has 1 heterocycles. The first kappa shape index (κ1) is 14.0. The van der Waals surface area contributed by atoms with Crippen molar-refractivity contribution in [2.45, 2.75) is 6.54 Å². The number of halogens is 1. The fourth-order valence-corrected chi connectivity index (χ4v) is 2.22. The van der Waals surface area contributed by atoms with Crippen molar-refractivity contribution < 1.29 is 8.42 Å². The first-order chi connectivity index (χ1) is 9.03. The van der Waals surface area contributed by atoms with Crippen LogP contribution in [-0.2, 0) is 23.6 Å². The highest BCUT2D eigenvalue weighted by Gasteiger charge is 2.13. The van der Waals surface area contributed by atoms with Crippen molar-refractivity contribution >= 4 is 21.6 Å². The molecule has 0 spiro atoms. The van der Waals surface area contributed by atoms with E-state index < -0.39 is 15.2 Å². The van der Waals surface area contributed by atoms with Gasteiger partial charge in [-0.2, -0.15) is 0 Å². The third-order valence-electron chi connectivity index (χ3n) is 2.59. The van der Waals surface area contributed by atoms with Crippen molar-refractivity contribution in [2.24, 2.45) is 7.05 Å². The highest BCUT2D eigenvalue weighted by atomic mass is 35.5. The van der Waals surface area contributed by atoms with E-state index in [4.69, 9.17) is 11.6 Å². The van der Waals surface area contributed by atoms with E-state index in [2.05, 4.69) is 14.9 Å². The zero-order valence-corrected chi connectivity index (χ0v) is 11.8. The summed E-state index contributed by atoms with van der Waals surface area (Å²) in [5.74, 6) is 1.20. The van der Waals surface area contributed by atoms with E-state index in [1.807, 2.05) is 30.3 Å². The van der Waals surface area contributed by atoms with E-state index in [1.165, 1.54) is 0 Å². The van der Waals surface area contributed by atoms with Crippen LogP contribution in [0.25, 0.3) is 11.4 Å². The van der Waals surface area contributed by atoms with E-state index >= 15 is 0 Å².